The molecule has 11 heteroatoms. The zero-order valence-electron chi connectivity index (χ0n) is 47.0. The molecule has 3 aliphatic heterocycles. The van der Waals surface area contributed by atoms with Gasteiger partial charge in [0.05, 0.1) is 17.1 Å². The standard InChI is InChI=1S/C24H26ClNS2.C22H25NS2.C21H22FNS2/c1-16(2)23-13-18(4)22(15-27-14-19-7-9-20(25)10-8-19)24(28-23)26-21-11-5-17(3)6-12-21;1-16-8-10-19(11-9-16)23-21-18(12-13-22(3,4)25-21)15-24-20-7-5-6-17(2)14-20;1-15-8-10-17(11-9-15)23-20-16(12-13-21(2,3)25-20)14-24-19-7-5-4-6-18(19)22/h5-12,15,18H,13-14H2,1-4H3;5-11,14-15H,12-13H2,1-4H3;4-11,14H,12-13H2,1-3H3/b22-15+,26-24?;18-15+,23-21?;16-14+,23-20?. The quantitative estimate of drug-likeness (QED) is 0.127. The highest BCUT2D eigenvalue weighted by Gasteiger charge is 2.31. The average molecular weight is 1170 g/mol. The van der Waals surface area contributed by atoms with Crippen LogP contribution in [0.3, 0.4) is 0 Å². The van der Waals surface area contributed by atoms with E-state index in [1.807, 2.05) is 83.4 Å². The lowest BCUT2D eigenvalue weighted by Gasteiger charge is -2.31. The van der Waals surface area contributed by atoms with Crippen molar-refractivity contribution in [3.05, 3.63) is 228 Å². The Balaban J connectivity index is 0.000000170. The number of aryl methyl sites for hydroxylation is 4. The van der Waals surface area contributed by atoms with E-state index in [0.717, 1.165) is 63.6 Å². The molecule has 0 radical (unpaired) electrons. The van der Waals surface area contributed by atoms with Gasteiger partial charge in [0.15, 0.2) is 0 Å². The van der Waals surface area contributed by atoms with E-state index < -0.39 is 0 Å². The van der Waals surface area contributed by atoms with E-state index in [0.29, 0.717) is 10.8 Å². The second-order valence-electron chi connectivity index (χ2n) is 21.4. The molecule has 3 saturated heterocycles. The predicted octanol–water partition coefficient (Wildman–Crippen LogP) is 23.0. The molecule has 0 aromatic heterocycles. The first-order valence-corrected chi connectivity index (χ1v) is 32.2. The molecule has 0 saturated carbocycles. The number of halogens is 2. The van der Waals surface area contributed by atoms with Crippen LogP contribution in [-0.2, 0) is 5.75 Å². The zero-order valence-corrected chi connectivity index (χ0v) is 52.6. The van der Waals surface area contributed by atoms with E-state index >= 15 is 0 Å². The average Bonchev–Trinajstić information content (AvgIpc) is 3.40. The number of hydrogen-bond acceptors (Lipinski definition) is 9. The molecule has 3 nitrogen and oxygen atoms in total. The van der Waals surface area contributed by atoms with Gasteiger partial charge in [0.1, 0.15) is 20.9 Å². The number of thioether (sulfide) groups is 6. The number of aliphatic imine (C=N–C) groups is 3. The van der Waals surface area contributed by atoms with Gasteiger partial charge in [-0.2, -0.15) is 0 Å². The molecule has 9 rings (SSSR count). The lowest BCUT2D eigenvalue weighted by atomic mass is 9.97. The van der Waals surface area contributed by atoms with Crippen LogP contribution in [-0.4, -0.2) is 24.6 Å². The van der Waals surface area contributed by atoms with Crippen LogP contribution in [0.25, 0.3) is 0 Å². The third-order valence-corrected chi connectivity index (χ3v) is 20.0. The molecular formula is C67H73ClFN3S6. The highest BCUT2D eigenvalue weighted by molar-refractivity contribution is 8.18. The summed E-state index contributed by atoms with van der Waals surface area (Å²) in [6.07, 6.45) is 5.42. The fraction of sp³-hybridized carbons (Fsp3) is 0.299. The van der Waals surface area contributed by atoms with Crippen LogP contribution in [0, 0.1) is 39.4 Å². The lowest BCUT2D eigenvalue weighted by molar-refractivity contribution is 0.602. The minimum atomic E-state index is -0.176. The van der Waals surface area contributed by atoms with Crippen molar-refractivity contribution in [2.45, 2.75) is 133 Å². The van der Waals surface area contributed by atoms with Crippen LogP contribution < -0.4 is 0 Å². The number of rotatable bonds is 10. The topological polar surface area (TPSA) is 37.1 Å². The van der Waals surface area contributed by atoms with Gasteiger partial charge in [-0.05, 0) is 196 Å². The first-order valence-electron chi connectivity index (χ1n) is 26.5. The van der Waals surface area contributed by atoms with E-state index in [1.165, 1.54) is 89.2 Å². The summed E-state index contributed by atoms with van der Waals surface area (Å²) in [4.78, 5) is 18.2. The second kappa shape index (κ2) is 29.4. The molecule has 3 heterocycles. The summed E-state index contributed by atoms with van der Waals surface area (Å²) >= 11 is 16.6. The number of nitrogens with zero attached hydrogens (tertiary/aromatic N) is 3. The Labute approximate surface area is 496 Å². The Kier molecular flexibility index (Phi) is 23.1. The smallest absolute Gasteiger partial charge is 0.137 e. The van der Waals surface area contributed by atoms with Gasteiger partial charge in [-0.3, -0.25) is 0 Å². The van der Waals surface area contributed by atoms with Crippen molar-refractivity contribution in [3.8, 4) is 0 Å². The second-order valence-corrected chi connectivity index (χ2v) is 29.0. The van der Waals surface area contributed by atoms with E-state index in [-0.39, 0.29) is 15.3 Å². The van der Waals surface area contributed by atoms with Gasteiger partial charge in [-0.25, -0.2) is 19.4 Å². The molecule has 0 amide bonds. The van der Waals surface area contributed by atoms with Crippen molar-refractivity contribution in [2.24, 2.45) is 20.9 Å². The largest absolute Gasteiger partial charge is 0.242 e. The summed E-state index contributed by atoms with van der Waals surface area (Å²) < 4.78 is 14.3. The number of allylic oxidation sites excluding steroid dienone is 2. The molecule has 78 heavy (non-hydrogen) atoms. The van der Waals surface area contributed by atoms with Gasteiger partial charge < -0.3 is 0 Å². The van der Waals surface area contributed by atoms with Gasteiger partial charge in [0.2, 0.25) is 0 Å². The molecule has 406 valence electrons. The Hall–Kier alpha value is -4.39. The fourth-order valence-corrected chi connectivity index (χ4v) is 14.9. The van der Waals surface area contributed by atoms with Crippen molar-refractivity contribution in [1.29, 1.82) is 0 Å². The minimum Gasteiger partial charge on any atom is -0.242 e. The number of benzene rings is 6. The number of hydrogen-bond donors (Lipinski definition) is 0. The van der Waals surface area contributed by atoms with Gasteiger partial charge in [-0.1, -0.05) is 206 Å². The van der Waals surface area contributed by atoms with Crippen molar-refractivity contribution in [1.82, 2.24) is 0 Å². The monoisotopic (exact) mass is 1170 g/mol. The van der Waals surface area contributed by atoms with Gasteiger partial charge in [-0.15, -0.1) is 11.8 Å². The first-order chi connectivity index (χ1) is 37.3. The lowest BCUT2D eigenvalue weighted by Crippen LogP contribution is -2.24. The molecule has 1 unspecified atom stereocenters. The Morgan fingerprint density at radius 1 is 0.603 bits per heavy atom. The Morgan fingerprint density at radius 2 is 1.10 bits per heavy atom. The van der Waals surface area contributed by atoms with Crippen LogP contribution >= 0.6 is 82.2 Å². The normalized spacial score (nSPS) is 20.1. The first kappa shape index (κ1) is 61.2. The molecule has 3 fully saturated rings. The summed E-state index contributed by atoms with van der Waals surface area (Å²) in [5.41, 5.74) is 14.6. The van der Waals surface area contributed by atoms with Crippen molar-refractivity contribution in [2.75, 3.05) is 0 Å². The fourth-order valence-electron chi connectivity index (χ4n) is 8.15. The molecular weight excluding hydrogens is 1090 g/mol. The molecule has 0 aliphatic carbocycles. The van der Waals surface area contributed by atoms with Gasteiger partial charge >= 0.3 is 0 Å². The van der Waals surface area contributed by atoms with Crippen LogP contribution in [0.4, 0.5) is 21.5 Å². The summed E-state index contributed by atoms with van der Waals surface area (Å²) in [6, 6.07) is 48.8. The van der Waals surface area contributed by atoms with Crippen molar-refractivity contribution in [3.63, 3.8) is 0 Å². The van der Waals surface area contributed by atoms with E-state index in [4.69, 9.17) is 26.6 Å². The van der Waals surface area contributed by atoms with Crippen molar-refractivity contribution < 1.29 is 4.39 Å². The van der Waals surface area contributed by atoms with E-state index in [1.54, 1.807) is 17.8 Å². The molecule has 0 bridgehead atoms. The molecule has 0 N–H and O–H groups in total. The maximum absolute atomic E-state index is 13.9. The van der Waals surface area contributed by atoms with Crippen LogP contribution in [0.15, 0.2) is 214 Å². The van der Waals surface area contributed by atoms with E-state index in [9.17, 15) is 4.39 Å². The minimum absolute atomic E-state index is 0.170. The van der Waals surface area contributed by atoms with Crippen molar-refractivity contribution >= 4 is 114 Å². The Morgan fingerprint density at radius 3 is 1.60 bits per heavy atom. The molecule has 1 atom stereocenters. The SMILES string of the molecule is CC(C)=C1CC(C)/C(=C\SCc2ccc(Cl)cc2)C(=Nc2ccc(C)cc2)S1.Cc1ccc(N=C2SC(C)(C)CC/C2=C\Sc2cccc(C)c2)cc1.Cc1ccc(N=C2SC(C)(C)CC/C2=C\Sc2ccccc2F)cc1. The third kappa shape index (κ3) is 19.7. The van der Waals surface area contributed by atoms with Crippen LogP contribution in [0.2, 0.25) is 5.02 Å². The third-order valence-electron chi connectivity index (χ3n) is 13.0. The van der Waals surface area contributed by atoms with E-state index in [2.05, 4.69) is 189 Å². The summed E-state index contributed by atoms with van der Waals surface area (Å²) in [6.45, 7) is 24.3. The van der Waals surface area contributed by atoms with Gasteiger partial charge in [0, 0.05) is 30.1 Å². The molecule has 0 spiro atoms. The zero-order chi connectivity index (χ0) is 55.8. The molecule has 6 aromatic carbocycles. The van der Waals surface area contributed by atoms with Gasteiger partial charge in [0.25, 0.3) is 0 Å². The summed E-state index contributed by atoms with van der Waals surface area (Å²) in [5.74, 6) is 1.23. The Bertz CT molecular complexity index is 3200. The van der Waals surface area contributed by atoms with Crippen LogP contribution in [0.1, 0.15) is 108 Å². The molecule has 6 aromatic rings. The molecule has 3 aliphatic rings. The highest BCUT2D eigenvalue weighted by atomic mass is 35.5. The predicted molar refractivity (Wildman–Crippen MR) is 353 cm³/mol. The maximum Gasteiger partial charge on any atom is 0.137 e. The van der Waals surface area contributed by atoms with Crippen LogP contribution in [0.5, 0.6) is 0 Å². The highest BCUT2D eigenvalue weighted by Crippen LogP contribution is 2.45. The summed E-state index contributed by atoms with van der Waals surface area (Å²) in [5, 5.41) is 10.8. The summed E-state index contributed by atoms with van der Waals surface area (Å²) in [7, 11) is 0. The maximum atomic E-state index is 13.9.